The van der Waals surface area contributed by atoms with Crippen LogP contribution >= 0.6 is 46.6 Å². The molecule has 3 nitrogen and oxygen atoms in total. The molecule has 2 aromatic heterocycles. The summed E-state index contributed by atoms with van der Waals surface area (Å²) < 4.78 is 2.20. The van der Waals surface area contributed by atoms with Gasteiger partial charge in [-0.2, -0.15) is 0 Å². The Morgan fingerprint density at radius 2 is 1.84 bits per heavy atom. The Morgan fingerprint density at radius 1 is 1.16 bits per heavy atom. The zero-order chi connectivity index (χ0) is 23.1. The summed E-state index contributed by atoms with van der Waals surface area (Å²) in [6, 6.07) is 11.6. The first-order valence-electron chi connectivity index (χ1n) is 9.94. The minimum absolute atomic E-state index is 0.0826. The monoisotopic (exact) mass is 504 g/mol. The summed E-state index contributed by atoms with van der Waals surface area (Å²) in [6.07, 6.45) is 9.06. The number of aromatic nitrogens is 2. The van der Waals surface area contributed by atoms with Gasteiger partial charge in [0.15, 0.2) is 0 Å². The first-order valence-corrected chi connectivity index (χ1v) is 11.9. The van der Waals surface area contributed by atoms with Crippen molar-refractivity contribution in [3.63, 3.8) is 0 Å². The van der Waals surface area contributed by atoms with Crippen LogP contribution in [-0.2, 0) is 13.2 Å². The van der Waals surface area contributed by atoms with Crippen LogP contribution in [0.3, 0.4) is 0 Å². The Kier molecular flexibility index (Phi) is 9.09. The first-order chi connectivity index (χ1) is 15.5. The Bertz CT molecular complexity index is 1150. The number of hydrogen-bond donors (Lipinski definition) is 1. The van der Waals surface area contributed by atoms with E-state index < -0.39 is 0 Å². The van der Waals surface area contributed by atoms with Crippen LogP contribution in [0.1, 0.15) is 23.7 Å². The van der Waals surface area contributed by atoms with Gasteiger partial charge in [0, 0.05) is 56.3 Å². The van der Waals surface area contributed by atoms with E-state index in [0.29, 0.717) is 16.6 Å². The van der Waals surface area contributed by atoms with E-state index in [9.17, 15) is 5.11 Å². The summed E-state index contributed by atoms with van der Waals surface area (Å²) in [5, 5.41) is 12.6. The number of aliphatic hydroxyl groups is 1. The molecular weight excluding hydrogens is 483 g/mol. The second-order valence-electron chi connectivity index (χ2n) is 6.97. The van der Waals surface area contributed by atoms with Crippen LogP contribution in [0.4, 0.5) is 0 Å². The van der Waals surface area contributed by atoms with E-state index in [-0.39, 0.29) is 6.61 Å². The Morgan fingerprint density at radius 3 is 2.44 bits per heavy atom. The van der Waals surface area contributed by atoms with Crippen molar-refractivity contribution in [2.75, 3.05) is 0 Å². The maximum atomic E-state index is 10.3. The molecule has 0 saturated carbocycles. The third-order valence-electron chi connectivity index (χ3n) is 4.98. The fraction of sp³-hybridized carbons (Fsp3) is 0.160. The SMILES string of the molecule is C\C=C(Cl)/C=C(\C=C\Cl)Sc1c(-c2ccc(Cl)cc2)c(CO)c(C)n1Cc1ccncc1. The predicted molar refractivity (Wildman–Crippen MR) is 137 cm³/mol. The lowest BCUT2D eigenvalue weighted by molar-refractivity contribution is 0.281. The van der Waals surface area contributed by atoms with Crippen molar-refractivity contribution in [3.8, 4) is 11.1 Å². The van der Waals surface area contributed by atoms with Crippen LogP contribution in [-0.4, -0.2) is 14.7 Å². The minimum Gasteiger partial charge on any atom is -0.392 e. The van der Waals surface area contributed by atoms with E-state index >= 15 is 0 Å². The maximum absolute atomic E-state index is 10.3. The van der Waals surface area contributed by atoms with Gasteiger partial charge in [-0.25, -0.2) is 0 Å². The summed E-state index contributed by atoms with van der Waals surface area (Å²) in [5.41, 5.74) is 6.38. The average Bonchev–Trinajstić information content (AvgIpc) is 3.05. The van der Waals surface area contributed by atoms with Gasteiger partial charge in [0.05, 0.1) is 11.6 Å². The van der Waals surface area contributed by atoms with Gasteiger partial charge in [-0.1, -0.05) is 64.8 Å². The lowest BCUT2D eigenvalue weighted by Gasteiger charge is -2.14. The van der Waals surface area contributed by atoms with Crippen LogP contribution in [0.15, 0.2) is 87.5 Å². The number of aliphatic hydroxyl groups excluding tert-OH is 1. The number of hydrogen-bond acceptors (Lipinski definition) is 3. The zero-order valence-corrected chi connectivity index (χ0v) is 20.8. The fourth-order valence-corrected chi connectivity index (χ4v) is 5.06. The molecule has 2 heterocycles. The van der Waals surface area contributed by atoms with Crippen LogP contribution in [0, 0.1) is 6.92 Å². The molecule has 0 spiro atoms. The van der Waals surface area contributed by atoms with E-state index in [0.717, 1.165) is 37.9 Å². The summed E-state index contributed by atoms with van der Waals surface area (Å²) >= 11 is 19.9. The average molecular weight is 506 g/mol. The molecule has 7 heteroatoms. The molecule has 1 N–H and O–H groups in total. The molecule has 3 aromatic rings. The van der Waals surface area contributed by atoms with Crippen LogP contribution in [0.2, 0.25) is 5.02 Å². The summed E-state index contributed by atoms with van der Waals surface area (Å²) in [5.74, 6) is 0. The van der Waals surface area contributed by atoms with Crippen LogP contribution < -0.4 is 0 Å². The number of thioether (sulfide) groups is 1. The molecule has 1 aromatic carbocycles. The van der Waals surface area contributed by atoms with Crippen molar-refractivity contribution in [1.29, 1.82) is 0 Å². The van der Waals surface area contributed by atoms with Crippen LogP contribution in [0.5, 0.6) is 0 Å². The van der Waals surface area contributed by atoms with Crippen LogP contribution in [0.25, 0.3) is 11.1 Å². The smallest absolute Gasteiger partial charge is 0.0885 e. The molecular formula is C25H23Cl3N2OS. The number of benzene rings is 1. The third-order valence-corrected chi connectivity index (χ3v) is 6.79. The van der Waals surface area contributed by atoms with Crippen molar-refractivity contribution < 1.29 is 5.11 Å². The van der Waals surface area contributed by atoms with Crippen molar-refractivity contribution in [3.05, 3.63) is 104 Å². The normalized spacial score (nSPS) is 12.7. The number of pyridine rings is 1. The molecule has 0 bridgehead atoms. The summed E-state index contributed by atoms with van der Waals surface area (Å²) in [7, 11) is 0. The van der Waals surface area contributed by atoms with Crippen molar-refractivity contribution >= 4 is 46.6 Å². The molecule has 0 aliphatic rings. The molecule has 0 atom stereocenters. The molecule has 3 rings (SSSR count). The zero-order valence-electron chi connectivity index (χ0n) is 17.7. The third kappa shape index (κ3) is 5.89. The van der Waals surface area contributed by atoms with E-state index in [2.05, 4.69) is 9.55 Å². The lowest BCUT2D eigenvalue weighted by atomic mass is 10.0. The van der Waals surface area contributed by atoms with Crippen molar-refractivity contribution in [1.82, 2.24) is 9.55 Å². The van der Waals surface area contributed by atoms with Gasteiger partial charge < -0.3 is 9.67 Å². The fourth-order valence-electron chi connectivity index (χ4n) is 3.34. The molecule has 0 fully saturated rings. The molecule has 0 saturated heterocycles. The predicted octanol–water partition coefficient (Wildman–Crippen LogP) is 7.92. The lowest BCUT2D eigenvalue weighted by Crippen LogP contribution is -2.04. The molecule has 0 aliphatic carbocycles. The van der Waals surface area contributed by atoms with Gasteiger partial charge >= 0.3 is 0 Å². The van der Waals surface area contributed by atoms with Crippen molar-refractivity contribution in [2.24, 2.45) is 0 Å². The number of rotatable bonds is 8. The number of halogens is 3. The maximum Gasteiger partial charge on any atom is 0.0885 e. The minimum atomic E-state index is -0.0826. The van der Waals surface area contributed by atoms with Gasteiger partial charge in [-0.05, 0) is 61.4 Å². The summed E-state index contributed by atoms with van der Waals surface area (Å²) in [4.78, 5) is 4.99. The number of allylic oxidation sites excluding steroid dienone is 4. The molecule has 32 heavy (non-hydrogen) atoms. The molecule has 0 aliphatic heterocycles. The molecule has 0 unspecified atom stereocenters. The van der Waals surface area contributed by atoms with Gasteiger partial charge in [0.1, 0.15) is 0 Å². The standard InChI is InChI=1S/C25H23Cl3N2OS/c1-3-20(27)14-22(8-11-26)32-25-24(19-4-6-21(28)7-5-19)23(16-31)17(2)30(25)15-18-9-12-29-13-10-18/h3-14,31H,15-16H2,1-2H3/b11-8+,20-3+,22-14+. The van der Waals surface area contributed by atoms with Gasteiger partial charge in [0.2, 0.25) is 0 Å². The number of nitrogens with zero attached hydrogens (tertiary/aromatic N) is 2. The highest BCUT2D eigenvalue weighted by Crippen LogP contribution is 2.43. The molecule has 0 radical (unpaired) electrons. The second kappa shape index (κ2) is 11.8. The quantitative estimate of drug-likeness (QED) is 0.249. The highest BCUT2D eigenvalue weighted by Gasteiger charge is 2.22. The largest absolute Gasteiger partial charge is 0.392 e. The van der Waals surface area contributed by atoms with E-state index in [4.69, 9.17) is 34.8 Å². The molecule has 0 amide bonds. The second-order valence-corrected chi connectivity index (χ2v) is 9.15. The van der Waals surface area contributed by atoms with E-state index in [1.165, 1.54) is 5.54 Å². The highest BCUT2D eigenvalue weighted by molar-refractivity contribution is 8.03. The Hall–Kier alpha value is -1.95. The van der Waals surface area contributed by atoms with Gasteiger partial charge in [-0.3, -0.25) is 4.98 Å². The topological polar surface area (TPSA) is 38.0 Å². The van der Waals surface area contributed by atoms with E-state index in [1.54, 1.807) is 24.2 Å². The van der Waals surface area contributed by atoms with Crippen molar-refractivity contribution in [2.45, 2.75) is 32.0 Å². The first kappa shape index (κ1) is 24.7. The Balaban J connectivity index is 2.24. The Labute approximate surface area is 208 Å². The van der Waals surface area contributed by atoms with E-state index in [1.807, 2.05) is 68.5 Å². The molecule has 166 valence electrons. The highest BCUT2D eigenvalue weighted by atomic mass is 35.5. The van der Waals surface area contributed by atoms with Gasteiger partial charge in [0.25, 0.3) is 0 Å². The van der Waals surface area contributed by atoms with Gasteiger partial charge in [-0.15, -0.1) is 0 Å². The summed E-state index contributed by atoms with van der Waals surface area (Å²) in [6.45, 7) is 4.45.